The summed E-state index contributed by atoms with van der Waals surface area (Å²) in [6, 6.07) is 0. The van der Waals surface area contributed by atoms with Crippen LogP contribution in [0.25, 0.3) is 0 Å². The molecule has 0 aromatic carbocycles. The van der Waals surface area contributed by atoms with Crippen molar-refractivity contribution in [2.75, 3.05) is 6.61 Å². The number of aliphatic hydroxyl groups is 2. The molecule has 3 N–H and O–H groups in total. The highest BCUT2D eigenvalue weighted by atomic mass is 32.3. The van der Waals surface area contributed by atoms with Crippen LogP contribution in [0.3, 0.4) is 0 Å². The molecular weight excluding hydrogens is 548 g/mol. The molecule has 0 bridgehead atoms. The van der Waals surface area contributed by atoms with Gasteiger partial charge in [0.05, 0.1) is 6.61 Å². The van der Waals surface area contributed by atoms with E-state index in [1.165, 1.54) is 128 Å². The summed E-state index contributed by atoms with van der Waals surface area (Å²) in [6.45, 7) is 3.92. The molecule has 0 spiro atoms. The Morgan fingerprint density at radius 3 is 0.952 bits per heavy atom. The lowest BCUT2D eigenvalue weighted by atomic mass is 9.85. The van der Waals surface area contributed by atoms with E-state index < -0.39 is 28.7 Å². The van der Waals surface area contributed by atoms with Crippen LogP contribution in [0.2, 0.25) is 0 Å². The van der Waals surface area contributed by atoms with Gasteiger partial charge in [0, 0.05) is 0 Å². The summed E-state index contributed by atoms with van der Waals surface area (Å²) in [5.41, 5.74) is -1.46. The van der Waals surface area contributed by atoms with Crippen LogP contribution < -0.4 is 0 Å². The van der Waals surface area contributed by atoms with E-state index in [9.17, 15) is 23.2 Å². The van der Waals surface area contributed by atoms with Crippen LogP contribution in [-0.2, 0) is 14.6 Å². The van der Waals surface area contributed by atoms with Crippen molar-refractivity contribution in [2.24, 2.45) is 0 Å². The lowest BCUT2D eigenvalue weighted by Crippen LogP contribution is -2.48. The smallest absolute Gasteiger partial charge is 0.394 e. The van der Waals surface area contributed by atoms with Gasteiger partial charge in [-0.2, -0.15) is 8.42 Å². The minimum atomic E-state index is -4.75. The summed E-state index contributed by atoms with van der Waals surface area (Å²) in [4.78, 5) is 0. The highest BCUT2D eigenvalue weighted by Crippen LogP contribution is 2.32. The predicted octanol–water partition coefficient (Wildman–Crippen LogP) is 10.6. The van der Waals surface area contributed by atoms with Gasteiger partial charge in [-0.15, -0.1) is 0 Å². The highest BCUT2D eigenvalue weighted by molar-refractivity contribution is 7.80. The molecular formula is C35H72O6S. The largest absolute Gasteiger partial charge is 0.397 e. The van der Waals surface area contributed by atoms with Gasteiger partial charge in [0.15, 0.2) is 0 Å². The normalized spacial score (nSPS) is 13.2. The lowest BCUT2D eigenvalue weighted by molar-refractivity contribution is -0.0898. The van der Waals surface area contributed by atoms with Gasteiger partial charge in [-0.1, -0.05) is 194 Å². The Hall–Kier alpha value is -0.210. The average molecular weight is 621 g/mol. The number of hydrogen-bond donors (Lipinski definition) is 3. The van der Waals surface area contributed by atoms with Crippen molar-refractivity contribution in [1.29, 1.82) is 0 Å². The van der Waals surface area contributed by atoms with Crippen LogP contribution in [0.1, 0.15) is 206 Å². The first-order chi connectivity index (χ1) is 20.3. The summed E-state index contributed by atoms with van der Waals surface area (Å²) in [5.74, 6) is 0. The second-order valence-corrected chi connectivity index (χ2v) is 14.0. The van der Waals surface area contributed by atoms with Crippen molar-refractivity contribution in [3.05, 3.63) is 0 Å². The molecule has 0 rings (SSSR count). The molecule has 0 amide bonds. The summed E-state index contributed by atoms with van der Waals surface area (Å²) in [7, 11) is -4.75. The SMILES string of the molecule is CCCCCCCCCCCCCCCCC(CCCCCCCCCCCCCCCC)(OS(=O)(=O)O)C(O)CO. The zero-order valence-electron chi connectivity index (χ0n) is 28.0. The third-order valence-electron chi connectivity index (χ3n) is 8.96. The van der Waals surface area contributed by atoms with Crippen LogP contribution >= 0.6 is 0 Å². The van der Waals surface area contributed by atoms with Gasteiger partial charge in [-0.25, -0.2) is 4.18 Å². The Bertz CT molecular complexity index is 622. The third kappa shape index (κ3) is 26.2. The van der Waals surface area contributed by atoms with Gasteiger partial charge in [0.2, 0.25) is 0 Å². The fourth-order valence-electron chi connectivity index (χ4n) is 6.21. The highest BCUT2D eigenvalue weighted by Gasteiger charge is 2.41. The molecule has 0 fully saturated rings. The van der Waals surface area contributed by atoms with E-state index in [1.54, 1.807) is 0 Å². The molecule has 0 aliphatic heterocycles. The molecule has 0 heterocycles. The summed E-state index contributed by atoms with van der Waals surface area (Å²) in [6.07, 6.45) is 33.5. The van der Waals surface area contributed by atoms with Crippen molar-refractivity contribution in [3.8, 4) is 0 Å². The molecule has 254 valence electrons. The minimum absolute atomic E-state index is 0.311. The average Bonchev–Trinajstić information content (AvgIpc) is 2.96. The first-order valence-corrected chi connectivity index (χ1v) is 19.6. The number of hydrogen-bond acceptors (Lipinski definition) is 5. The van der Waals surface area contributed by atoms with E-state index in [0.717, 1.165) is 38.5 Å². The number of rotatable bonds is 34. The Kier molecular flexibility index (Phi) is 29.4. The second-order valence-electron chi connectivity index (χ2n) is 13.0. The molecule has 0 aliphatic rings. The summed E-state index contributed by atoms with van der Waals surface area (Å²) >= 11 is 0. The van der Waals surface area contributed by atoms with Crippen LogP contribution in [0.15, 0.2) is 0 Å². The number of unbranched alkanes of at least 4 members (excludes halogenated alkanes) is 26. The fourth-order valence-corrected chi connectivity index (χ4v) is 6.91. The van der Waals surface area contributed by atoms with Crippen LogP contribution in [0, 0.1) is 0 Å². The molecule has 6 nitrogen and oxygen atoms in total. The zero-order chi connectivity index (χ0) is 31.2. The molecule has 0 aromatic rings. The maximum Gasteiger partial charge on any atom is 0.397 e. The first-order valence-electron chi connectivity index (χ1n) is 18.3. The molecule has 0 aliphatic carbocycles. The van der Waals surface area contributed by atoms with Gasteiger partial charge in [-0.05, 0) is 12.8 Å². The lowest BCUT2D eigenvalue weighted by Gasteiger charge is -2.35. The van der Waals surface area contributed by atoms with Crippen molar-refractivity contribution in [3.63, 3.8) is 0 Å². The first kappa shape index (κ1) is 41.8. The molecule has 0 radical (unpaired) electrons. The Balaban J connectivity index is 4.19. The van der Waals surface area contributed by atoms with Crippen molar-refractivity contribution < 1.29 is 27.4 Å². The van der Waals surface area contributed by atoms with Gasteiger partial charge in [0.25, 0.3) is 0 Å². The fraction of sp³-hybridized carbons (Fsp3) is 1.00. The van der Waals surface area contributed by atoms with Crippen molar-refractivity contribution in [1.82, 2.24) is 0 Å². The Labute approximate surface area is 262 Å². The topological polar surface area (TPSA) is 104 Å². The second kappa shape index (κ2) is 29.5. The van der Waals surface area contributed by atoms with E-state index in [-0.39, 0.29) is 0 Å². The molecule has 7 heteroatoms. The number of aliphatic hydroxyl groups excluding tert-OH is 2. The summed E-state index contributed by atoms with van der Waals surface area (Å²) in [5, 5.41) is 20.3. The zero-order valence-corrected chi connectivity index (χ0v) is 28.8. The van der Waals surface area contributed by atoms with Crippen LogP contribution in [0.5, 0.6) is 0 Å². The molecule has 1 unspecified atom stereocenters. The van der Waals surface area contributed by atoms with E-state index in [0.29, 0.717) is 25.7 Å². The Morgan fingerprint density at radius 2 is 0.738 bits per heavy atom. The van der Waals surface area contributed by atoms with Crippen LogP contribution in [0.4, 0.5) is 0 Å². The molecule has 0 saturated carbocycles. The van der Waals surface area contributed by atoms with Gasteiger partial charge in [0.1, 0.15) is 11.7 Å². The van der Waals surface area contributed by atoms with Gasteiger partial charge < -0.3 is 10.2 Å². The van der Waals surface area contributed by atoms with E-state index in [1.807, 2.05) is 0 Å². The monoisotopic (exact) mass is 621 g/mol. The maximum absolute atomic E-state index is 11.7. The van der Waals surface area contributed by atoms with E-state index in [2.05, 4.69) is 13.8 Å². The van der Waals surface area contributed by atoms with E-state index >= 15 is 0 Å². The maximum atomic E-state index is 11.7. The minimum Gasteiger partial charge on any atom is -0.394 e. The molecule has 42 heavy (non-hydrogen) atoms. The standard InChI is InChI=1S/C35H72O6S/c1-3-5-7-9-11-13-15-17-19-21-23-25-27-29-31-35(34(37)33-36,41-42(38,39)40)32-30-28-26-24-22-20-18-16-14-12-10-8-6-4-2/h34,36-37H,3-33H2,1-2H3,(H,38,39,40). The van der Waals surface area contributed by atoms with Crippen molar-refractivity contribution >= 4 is 10.4 Å². The van der Waals surface area contributed by atoms with Gasteiger partial charge >= 0.3 is 10.4 Å². The summed E-state index contributed by atoms with van der Waals surface area (Å²) < 4.78 is 38.0. The molecule has 1 atom stereocenters. The molecule has 0 aromatic heterocycles. The van der Waals surface area contributed by atoms with Crippen LogP contribution in [-0.4, -0.2) is 41.5 Å². The van der Waals surface area contributed by atoms with E-state index in [4.69, 9.17) is 4.18 Å². The van der Waals surface area contributed by atoms with Crippen molar-refractivity contribution in [2.45, 2.75) is 218 Å². The Morgan fingerprint density at radius 1 is 0.500 bits per heavy atom. The quantitative estimate of drug-likeness (QED) is 0.0488. The van der Waals surface area contributed by atoms with Gasteiger partial charge in [-0.3, -0.25) is 4.55 Å². The molecule has 0 saturated heterocycles. The predicted molar refractivity (Wildman–Crippen MR) is 178 cm³/mol. The third-order valence-corrected chi connectivity index (χ3v) is 9.50.